The van der Waals surface area contributed by atoms with Crippen molar-refractivity contribution in [1.82, 2.24) is 14.8 Å². The van der Waals surface area contributed by atoms with Crippen molar-refractivity contribution >= 4 is 51.9 Å². The Bertz CT molecular complexity index is 1730. The van der Waals surface area contributed by atoms with Crippen LogP contribution in [-0.2, 0) is 9.53 Å². The van der Waals surface area contributed by atoms with Gasteiger partial charge in [-0.1, -0.05) is 36.4 Å². The van der Waals surface area contributed by atoms with E-state index in [4.69, 9.17) is 4.74 Å². The molecule has 5 rings (SSSR count). The number of carbonyl (C=O) groups is 5. The van der Waals surface area contributed by atoms with E-state index >= 15 is 0 Å². The van der Waals surface area contributed by atoms with Crippen LogP contribution in [0.5, 0.6) is 0 Å². The molecule has 4 amide bonds. The minimum absolute atomic E-state index is 0.148. The average molecular weight is 594 g/mol. The van der Waals surface area contributed by atoms with Gasteiger partial charge < -0.3 is 30.2 Å². The average Bonchev–Trinajstić information content (AvgIpc) is 3.49. The van der Waals surface area contributed by atoms with Gasteiger partial charge in [0, 0.05) is 42.5 Å². The molecule has 1 unspecified atom stereocenters. The van der Waals surface area contributed by atoms with Crippen LogP contribution in [0.1, 0.15) is 38.0 Å². The summed E-state index contributed by atoms with van der Waals surface area (Å²) < 4.78 is 4.97. The van der Waals surface area contributed by atoms with Gasteiger partial charge in [0.1, 0.15) is 0 Å². The first-order valence-corrected chi connectivity index (χ1v) is 14.1. The first kappa shape index (κ1) is 29.8. The number of aromatic amines is 1. The number of rotatable bonds is 8. The number of esters is 1. The Morgan fingerprint density at radius 2 is 1.68 bits per heavy atom. The maximum atomic E-state index is 13.4. The number of urea groups is 1. The molecular formula is C33H31N5O6. The highest BCUT2D eigenvalue weighted by atomic mass is 16.5. The molecule has 1 aliphatic heterocycles. The molecule has 1 aliphatic rings. The van der Waals surface area contributed by atoms with Crippen LogP contribution in [0.15, 0.2) is 91.6 Å². The molecule has 1 fully saturated rings. The van der Waals surface area contributed by atoms with Crippen LogP contribution in [0.3, 0.4) is 0 Å². The third kappa shape index (κ3) is 6.21. The molecule has 224 valence electrons. The van der Waals surface area contributed by atoms with E-state index in [2.05, 4.69) is 22.2 Å². The van der Waals surface area contributed by atoms with Gasteiger partial charge in [-0.15, -0.1) is 6.58 Å². The van der Waals surface area contributed by atoms with Crippen LogP contribution >= 0.6 is 0 Å². The van der Waals surface area contributed by atoms with Crippen molar-refractivity contribution in [3.05, 3.63) is 108 Å². The maximum absolute atomic E-state index is 13.4. The summed E-state index contributed by atoms with van der Waals surface area (Å²) in [6, 6.07) is 19.1. The van der Waals surface area contributed by atoms with Crippen molar-refractivity contribution in [3.8, 4) is 0 Å². The molecule has 44 heavy (non-hydrogen) atoms. The number of hydrogen-bond donors (Lipinski definition) is 3. The number of fused-ring (bicyclic) bond motifs is 1. The smallest absolute Gasteiger partial charge is 0.338 e. The second-order valence-corrected chi connectivity index (χ2v) is 10.1. The predicted octanol–water partition coefficient (Wildman–Crippen LogP) is 4.71. The fraction of sp³-hybridized carbons (Fsp3) is 0.182. The van der Waals surface area contributed by atoms with E-state index < -0.39 is 29.7 Å². The highest BCUT2D eigenvalue weighted by Gasteiger charge is 2.35. The number of Topliss-reactive ketones (excluding diaryl/α,β-unsaturated/α-hetero) is 1. The van der Waals surface area contributed by atoms with Gasteiger partial charge in [-0.05, 0) is 49.4 Å². The van der Waals surface area contributed by atoms with Crippen molar-refractivity contribution in [1.29, 1.82) is 0 Å². The van der Waals surface area contributed by atoms with Crippen LogP contribution in [0.25, 0.3) is 10.9 Å². The Labute approximate surface area is 253 Å². The molecule has 4 aromatic rings. The van der Waals surface area contributed by atoms with Gasteiger partial charge in [-0.3, -0.25) is 14.4 Å². The maximum Gasteiger partial charge on any atom is 0.338 e. The molecule has 2 heterocycles. The highest BCUT2D eigenvalue weighted by Crippen LogP contribution is 2.27. The lowest BCUT2D eigenvalue weighted by Gasteiger charge is -2.39. The monoisotopic (exact) mass is 593 g/mol. The fourth-order valence-corrected chi connectivity index (χ4v) is 5.09. The van der Waals surface area contributed by atoms with Gasteiger partial charge in [0.25, 0.3) is 17.6 Å². The number of nitrogens with zero attached hydrogens (tertiary/aromatic N) is 2. The Balaban J connectivity index is 1.26. The summed E-state index contributed by atoms with van der Waals surface area (Å²) in [5.74, 6) is -2.02. The zero-order valence-corrected chi connectivity index (χ0v) is 24.0. The molecule has 0 spiro atoms. The lowest BCUT2D eigenvalue weighted by Crippen LogP contribution is -2.57. The Hall–Kier alpha value is -5.71. The molecule has 0 bridgehead atoms. The van der Waals surface area contributed by atoms with Gasteiger partial charge in [0.2, 0.25) is 0 Å². The number of H-pyrrole nitrogens is 1. The molecule has 3 N–H and O–H groups in total. The number of hydrogen-bond acceptors (Lipinski definition) is 6. The number of nitrogens with one attached hydrogen (secondary N) is 3. The van der Waals surface area contributed by atoms with Crippen molar-refractivity contribution in [2.75, 3.05) is 36.9 Å². The molecule has 0 radical (unpaired) electrons. The summed E-state index contributed by atoms with van der Waals surface area (Å²) in [6.07, 6.45) is 3.01. The summed E-state index contributed by atoms with van der Waals surface area (Å²) in [4.78, 5) is 70.5. The second kappa shape index (κ2) is 13.1. The van der Waals surface area contributed by atoms with Gasteiger partial charge >= 0.3 is 12.0 Å². The SMILES string of the molecule is C=CC1CN(C(=O)c2ccccc2)CCN1C(=O)C(=O)c1c[nH]c2c(NC(=O)Nc3ccc(C(=O)OCC)cc3)cccc12. The number of para-hydroxylation sites is 1. The minimum atomic E-state index is -0.714. The molecule has 1 aromatic heterocycles. The largest absolute Gasteiger partial charge is 0.462 e. The van der Waals surface area contributed by atoms with Crippen molar-refractivity contribution in [2.24, 2.45) is 0 Å². The molecule has 0 aliphatic carbocycles. The number of anilines is 2. The van der Waals surface area contributed by atoms with Crippen molar-refractivity contribution in [2.45, 2.75) is 13.0 Å². The normalized spacial score (nSPS) is 14.5. The number of ether oxygens (including phenoxy) is 1. The topological polar surface area (TPSA) is 141 Å². The van der Waals surface area contributed by atoms with Crippen LogP contribution in [0.2, 0.25) is 0 Å². The summed E-state index contributed by atoms with van der Waals surface area (Å²) in [7, 11) is 0. The van der Waals surface area contributed by atoms with Crippen LogP contribution in [0.4, 0.5) is 16.2 Å². The van der Waals surface area contributed by atoms with E-state index in [0.29, 0.717) is 33.4 Å². The van der Waals surface area contributed by atoms with E-state index in [0.717, 1.165) is 0 Å². The first-order chi connectivity index (χ1) is 21.3. The third-order valence-electron chi connectivity index (χ3n) is 7.32. The fourth-order valence-electron chi connectivity index (χ4n) is 5.09. The Kier molecular flexibility index (Phi) is 8.85. The number of amides is 4. The third-order valence-corrected chi connectivity index (χ3v) is 7.32. The Morgan fingerprint density at radius 3 is 2.39 bits per heavy atom. The van der Waals surface area contributed by atoms with E-state index in [-0.39, 0.29) is 37.7 Å². The number of carbonyl (C=O) groups excluding carboxylic acids is 5. The Morgan fingerprint density at radius 1 is 0.932 bits per heavy atom. The molecular weight excluding hydrogens is 562 g/mol. The molecule has 1 saturated heterocycles. The summed E-state index contributed by atoms with van der Waals surface area (Å²) in [5.41, 5.74) is 2.39. The number of benzene rings is 3. The second-order valence-electron chi connectivity index (χ2n) is 10.1. The van der Waals surface area contributed by atoms with Crippen LogP contribution < -0.4 is 10.6 Å². The zero-order chi connectivity index (χ0) is 31.2. The molecule has 11 nitrogen and oxygen atoms in total. The van der Waals surface area contributed by atoms with Crippen LogP contribution in [0, 0.1) is 0 Å². The number of aromatic nitrogens is 1. The lowest BCUT2D eigenvalue weighted by atomic mass is 10.0. The lowest BCUT2D eigenvalue weighted by molar-refractivity contribution is -0.129. The predicted molar refractivity (Wildman–Crippen MR) is 166 cm³/mol. The summed E-state index contributed by atoms with van der Waals surface area (Å²) in [6.45, 7) is 6.48. The standard InChI is InChI=1S/C33H31N5O6/c1-3-24-20-37(30(40)21-9-6-5-7-10-21)17-18-38(24)31(41)29(39)26-19-34-28-25(26)11-8-12-27(28)36-33(43)35-23-15-13-22(14-16-23)32(42)44-4-2/h3,5-16,19,24,34H,1,4,17-18,20H2,2H3,(H2,35,36,43). The van der Waals surface area contributed by atoms with E-state index in [1.165, 1.54) is 11.1 Å². The molecule has 0 saturated carbocycles. The summed E-state index contributed by atoms with van der Waals surface area (Å²) >= 11 is 0. The molecule has 3 aromatic carbocycles. The molecule has 11 heteroatoms. The minimum Gasteiger partial charge on any atom is -0.462 e. The van der Waals surface area contributed by atoms with E-state index in [1.807, 2.05) is 6.07 Å². The highest BCUT2D eigenvalue weighted by molar-refractivity contribution is 6.45. The number of ketones is 1. The zero-order valence-electron chi connectivity index (χ0n) is 24.0. The van der Waals surface area contributed by atoms with E-state index in [9.17, 15) is 24.0 Å². The van der Waals surface area contributed by atoms with Gasteiger partial charge in [0.15, 0.2) is 0 Å². The van der Waals surface area contributed by atoms with Crippen molar-refractivity contribution in [3.63, 3.8) is 0 Å². The van der Waals surface area contributed by atoms with Gasteiger partial charge in [-0.2, -0.15) is 0 Å². The number of piperazine rings is 1. The van der Waals surface area contributed by atoms with Crippen molar-refractivity contribution < 1.29 is 28.7 Å². The molecule has 1 atom stereocenters. The summed E-state index contributed by atoms with van der Waals surface area (Å²) in [5, 5.41) is 5.91. The van der Waals surface area contributed by atoms with Gasteiger partial charge in [-0.25, -0.2) is 9.59 Å². The van der Waals surface area contributed by atoms with Gasteiger partial charge in [0.05, 0.1) is 35.0 Å². The van der Waals surface area contributed by atoms with E-state index in [1.54, 1.807) is 84.6 Å². The first-order valence-electron chi connectivity index (χ1n) is 14.1. The van der Waals surface area contributed by atoms with Crippen LogP contribution in [-0.4, -0.2) is 76.7 Å². The quantitative estimate of drug-likeness (QED) is 0.117.